The molecule has 2 N–H and O–H groups in total. The Balaban J connectivity index is 1.47. The van der Waals surface area contributed by atoms with Gasteiger partial charge in [0, 0.05) is 26.1 Å². The van der Waals surface area contributed by atoms with Crippen LogP contribution in [0.1, 0.15) is 43.7 Å². The molecule has 0 bridgehead atoms. The van der Waals surface area contributed by atoms with Crippen LogP contribution in [0, 0.1) is 5.82 Å². The van der Waals surface area contributed by atoms with Crippen LogP contribution >= 0.6 is 0 Å². The fraction of sp³-hybridized carbons (Fsp3) is 0.417. The quantitative estimate of drug-likeness (QED) is 0.594. The Morgan fingerprint density at radius 3 is 2.61 bits per heavy atom. The number of hydrogen-bond donors (Lipinski definition) is 2. The Bertz CT molecular complexity index is 830. The molecule has 31 heavy (non-hydrogen) atoms. The summed E-state index contributed by atoms with van der Waals surface area (Å²) in [5, 5.41) is 5.86. The molecular formula is C24H30FN3O3. The number of rotatable bonds is 9. The van der Waals surface area contributed by atoms with E-state index in [-0.39, 0.29) is 23.8 Å². The Hall–Kier alpha value is -3.09. The predicted molar refractivity (Wildman–Crippen MR) is 117 cm³/mol. The van der Waals surface area contributed by atoms with Gasteiger partial charge < -0.3 is 20.3 Å². The molecule has 1 aliphatic rings. The average Bonchev–Trinajstić information content (AvgIpc) is 2.99. The highest BCUT2D eigenvalue weighted by molar-refractivity contribution is 5.77. The van der Waals surface area contributed by atoms with Crippen molar-refractivity contribution < 1.29 is 18.7 Å². The molecule has 2 aromatic carbocycles. The van der Waals surface area contributed by atoms with Crippen LogP contribution in [0.3, 0.4) is 0 Å². The van der Waals surface area contributed by atoms with Crippen LogP contribution in [0.25, 0.3) is 0 Å². The van der Waals surface area contributed by atoms with Crippen molar-refractivity contribution >= 4 is 11.9 Å². The van der Waals surface area contributed by atoms with E-state index in [0.29, 0.717) is 38.3 Å². The molecule has 1 atom stereocenters. The molecule has 1 saturated heterocycles. The molecule has 0 aliphatic carbocycles. The summed E-state index contributed by atoms with van der Waals surface area (Å²) in [7, 11) is 0. The van der Waals surface area contributed by atoms with Gasteiger partial charge in [0.2, 0.25) is 5.91 Å². The van der Waals surface area contributed by atoms with E-state index >= 15 is 0 Å². The summed E-state index contributed by atoms with van der Waals surface area (Å²) in [6, 6.07) is 15.0. The molecule has 1 heterocycles. The van der Waals surface area contributed by atoms with Crippen molar-refractivity contribution in [2.45, 2.75) is 38.1 Å². The van der Waals surface area contributed by atoms with Crippen molar-refractivity contribution in [3.8, 4) is 5.75 Å². The molecule has 3 rings (SSSR count). The number of nitrogens with one attached hydrogen (secondary N) is 2. The first-order chi connectivity index (χ1) is 15.1. The van der Waals surface area contributed by atoms with Crippen LogP contribution in [-0.2, 0) is 4.79 Å². The second-order valence-corrected chi connectivity index (χ2v) is 7.67. The Morgan fingerprint density at radius 1 is 1.06 bits per heavy atom. The van der Waals surface area contributed by atoms with Crippen molar-refractivity contribution in [1.29, 1.82) is 0 Å². The van der Waals surface area contributed by atoms with E-state index < -0.39 is 0 Å². The molecule has 7 heteroatoms. The summed E-state index contributed by atoms with van der Waals surface area (Å²) in [5.41, 5.74) is 0.967. The number of benzene rings is 2. The maximum atomic E-state index is 12.9. The first-order valence-electron chi connectivity index (χ1n) is 10.9. The molecule has 2 aromatic rings. The highest BCUT2D eigenvalue weighted by Gasteiger charge is 2.23. The number of carbonyl (C=O) groups excluding carboxylic acids is 2. The lowest BCUT2D eigenvalue weighted by molar-refractivity contribution is -0.131. The molecular weight excluding hydrogens is 397 g/mol. The largest absolute Gasteiger partial charge is 0.494 e. The fourth-order valence-corrected chi connectivity index (χ4v) is 3.58. The van der Waals surface area contributed by atoms with Crippen molar-refractivity contribution in [3.05, 3.63) is 66.0 Å². The molecule has 3 amide bonds. The number of ether oxygens (including phenoxy) is 1. The highest BCUT2D eigenvalue weighted by atomic mass is 19.1. The number of hydrogen-bond acceptors (Lipinski definition) is 3. The van der Waals surface area contributed by atoms with Gasteiger partial charge in [0.25, 0.3) is 0 Å². The van der Waals surface area contributed by atoms with E-state index in [4.69, 9.17) is 4.74 Å². The molecule has 0 aromatic heterocycles. The normalized spacial score (nSPS) is 15.1. The van der Waals surface area contributed by atoms with Crippen molar-refractivity contribution in [2.75, 3.05) is 26.2 Å². The zero-order chi connectivity index (χ0) is 21.9. The van der Waals surface area contributed by atoms with Crippen LogP contribution in [-0.4, -0.2) is 43.1 Å². The number of amides is 3. The summed E-state index contributed by atoms with van der Waals surface area (Å²) >= 11 is 0. The van der Waals surface area contributed by atoms with Crippen molar-refractivity contribution in [3.63, 3.8) is 0 Å². The SMILES string of the molecule is O=C(NCCCOc1ccc(F)cc1)NC(CN1CCCCCC1=O)c1ccccc1. The van der Waals surface area contributed by atoms with E-state index in [1.54, 1.807) is 12.1 Å². The van der Waals surface area contributed by atoms with Crippen LogP contribution in [0.15, 0.2) is 54.6 Å². The van der Waals surface area contributed by atoms with Gasteiger partial charge in [0.05, 0.1) is 12.6 Å². The monoisotopic (exact) mass is 427 g/mol. The predicted octanol–water partition coefficient (Wildman–Crippen LogP) is 4.04. The minimum absolute atomic E-state index is 0.151. The lowest BCUT2D eigenvalue weighted by Gasteiger charge is -2.27. The van der Waals surface area contributed by atoms with Crippen LogP contribution in [0.2, 0.25) is 0 Å². The maximum Gasteiger partial charge on any atom is 0.315 e. The second-order valence-electron chi connectivity index (χ2n) is 7.67. The van der Waals surface area contributed by atoms with E-state index in [9.17, 15) is 14.0 Å². The molecule has 1 unspecified atom stereocenters. The second kappa shape index (κ2) is 11.9. The van der Waals surface area contributed by atoms with Gasteiger partial charge in [-0.05, 0) is 49.1 Å². The number of halogens is 1. The zero-order valence-corrected chi connectivity index (χ0v) is 17.7. The molecule has 6 nitrogen and oxygen atoms in total. The number of likely N-dealkylation sites (tertiary alicyclic amines) is 1. The van der Waals surface area contributed by atoms with Gasteiger partial charge in [-0.15, -0.1) is 0 Å². The summed E-state index contributed by atoms with van der Waals surface area (Å²) < 4.78 is 18.4. The van der Waals surface area contributed by atoms with Gasteiger partial charge in [-0.3, -0.25) is 4.79 Å². The number of nitrogens with zero attached hydrogens (tertiary/aromatic N) is 1. The van der Waals surface area contributed by atoms with Crippen molar-refractivity contribution in [2.24, 2.45) is 0 Å². The van der Waals surface area contributed by atoms with E-state index in [1.807, 2.05) is 35.2 Å². The third-order valence-electron chi connectivity index (χ3n) is 5.27. The van der Waals surface area contributed by atoms with Crippen LogP contribution < -0.4 is 15.4 Å². The highest BCUT2D eigenvalue weighted by Crippen LogP contribution is 2.18. The molecule has 1 aliphatic heterocycles. The third-order valence-corrected chi connectivity index (χ3v) is 5.27. The number of carbonyl (C=O) groups is 2. The van der Waals surface area contributed by atoms with Gasteiger partial charge >= 0.3 is 6.03 Å². The Labute approximate surface area is 182 Å². The topological polar surface area (TPSA) is 70.7 Å². The first-order valence-corrected chi connectivity index (χ1v) is 10.9. The minimum atomic E-state index is -0.305. The maximum absolute atomic E-state index is 12.9. The lowest BCUT2D eigenvalue weighted by Crippen LogP contribution is -2.44. The van der Waals surface area contributed by atoms with E-state index in [1.165, 1.54) is 12.1 Å². The summed E-state index contributed by atoms with van der Waals surface area (Å²) in [5.74, 6) is 0.441. The van der Waals surface area contributed by atoms with Gasteiger partial charge in [0.15, 0.2) is 0 Å². The average molecular weight is 428 g/mol. The standard InChI is InChI=1S/C24H30FN3O3/c25-20-11-13-21(14-12-20)31-17-7-15-26-24(30)27-22(19-8-3-1-4-9-19)18-28-16-6-2-5-10-23(28)29/h1,3-4,8-9,11-14,22H,2,5-7,10,15-18H2,(H2,26,27,30). The van der Waals surface area contributed by atoms with E-state index in [0.717, 1.165) is 31.4 Å². The lowest BCUT2D eigenvalue weighted by atomic mass is 10.1. The summed E-state index contributed by atoms with van der Waals surface area (Å²) in [6.07, 6.45) is 4.17. The Kier molecular flexibility index (Phi) is 8.70. The summed E-state index contributed by atoms with van der Waals surface area (Å²) in [6.45, 7) is 2.05. The van der Waals surface area contributed by atoms with Crippen molar-refractivity contribution in [1.82, 2.24) is 15.5 Å². The molecule has 0 radical (unpaired) electrons. The van der Waals surface area contributed by atoms with Gasteiger partial charge in [-0.2, -0.15) is 0 Å². The molecule has 0 spiro atoms. The van der Waals surface area contributed by atoms with Gasteiger partial charge in [-0.1, -0.05) is 36.8 Å². The third kappa shape index (κ3) is 7.59. The molecule has 166 valence electrons. The van der Waals surface area contributed by atoms with Crippen LogP contribution in [0.5, 0.6) is 5.75 Å². The van der Waals surface area contributed by atoms with Gasteiger partial charge in [0.1, 0.15) is 11.6 Å². The number of urea groups is 1. The zero-order valence-electron chi connectivity index (χ0n) is 17.7. The first kappa shape index (κ1) is 22.6. The van der Waals surface area contributed by atoms with Crippen LogP contribution in [0.4, 0.5) is 9.18 Å². The molecule has 0 saturated carbocycles. The van der Waals surface area contributed by atoms with Gasteiger partial charge in [-0.25, -0.2) is 9.18 Å². The molecule has 1 fully saturated rings. The van der Waals surface area contributed by atoms with E-state index in [2.05, 4.69) is 10.6 Å². The minimum Gasteiger partial charge on any atom is -0.494 e. The fourth-order valence-electron chi connectivity index (χ4n) is 3.58. The smallest absolute Gasteiger partial charge is 0.315 e. The summed E-state index contributed by atoms with van der Waals surface area (Å²) in [4.78, 5) is 26.8. The Morgan fingerprint density at radius 2 is 1.84 bits per heavy atom.